The molecule has 0 unspecified atom stereocenters. The van der Waals surface area contributed by atoms with Crippen LogP contribution in [-0.4, -0.2) is 12.6 Å². The van der Waals surface area contributed by atoms with Gasteiger partial charge in [-0.05, 0) is 40.9 Å². The summed E-state index contributed by atoms with van der Waals surface area (Å²) in [6.07, 6.45) is 2.64. The van der Waals surface area contributed by atoms with E-state index in [1.165, 1.54) is 6.92 Å². The maximum absolute atomic E-state index is 10.5. The Labute approximate surface area is 110 Å². The van der Waals surface area contributed by atoms with Gasteiger partial charge in [0.25, 0.3) is 0 Å². The van der Waals surface area contributed by atoms with Gasteiger partial charge >= 0.3 is 5.97 Å². The monoisotopic (exact) mass is 294 g/mol. The molecule has 0 bridgehead atoms. The first-order valence-corrected chi connectivity index (χ1v) is 6.36. The summed E-state index contributed by atoms with van der Waals surface area (Å²) in [5.74, 6) is 6.00. The lowest BCUT2D eigenvalue weighted by atomic mass is 10.2. The molecule has 17 heavy (non-hydrogen) atoms. The summed E-state index contributed by atoms with van der Waals surface area (Å²) >= 11 is 3.45. The number of carbonyl (C=O) groups excluding carboxylic acids is 1. The Morgan fingerprint density at radius 2 is 2.12 bits per heavy atom. The maximum atomic E-state index is 10.5. The molecule has 0 amide bonds. The minimum Gasteiger partial charge on any atom is -0.466 e. The highest BCUT2D eigenvalue weighted by molar-refractivity contribution is 9.10. The van der Waals surface area contributed by atoms with E-state index in [9.17, 15) is 4.79 Å². The second kappa shape index (κ2) is 7.92. The van der Waals surface area contributed by atoms with Crippen LogP contribution in [0, 0.1) is 11.8 Å². The van der Waals surface area contributed by atoms with Crippen LogP contribution in [0.15, 0.2) is 28.7 Å². The summed E-state index contributed by atoms with van der Waals surface area (Å²) in [6.45, 7) is 1.92. The van der Waals surface area contributed by atoms with E-state index in [0.717, 1.165) is 29.3 Å². The normalized spacial score (nSPS) is 9.29. The van der Waals surface area contributed by atoms with Crippen LogP contribution in [0.25, 0.3) is 0 Å². The van der Waals surface area contributed by atoms with Crippen LogP contribution in [0.5, 0.6) is 0 Å². The van der Waals surface area contributed by atoms with Crippen molar-refractivity contribution >= 4 is 21.9 Å². The first-order valence-electron chi connectivity index (χ1n) is 5.57. The Balaban J connectivity index is 2.23. The van der Waals surface area contributed by atoms with Gasteiger partial charge in [0.2, 0.25) is 0 Å². The molecule has 3 heteroatoms. The van der Waals surface area contributed by atoms with Crippen molar-refractivity contribution in [2.24, 2.45) is 0 Å². The molecule has 0 radical (unpaired) electrons. The molecule has 0 aromatic heterocycles. The molecule has 0 saturated heterocycles. The molecule has 0 atom stereocenters. The average Bonchev–Trinajstić information content (AvgIpc) is 2.30. The van der Waals surface area contributed by atoms with Gasteiger partial charge in [0.05, 0.1) is 6.61 Å². The van der Waals surface area contributed by atoms with Crippen molar-refractivity contribution in [1.82, 2.24) is 0 Å². The van der Waals surface area contributed by atoms with Crippen molar-refractivity contribution in [3.63, 3.8) is 0 Å². The summed E-state index contributed by atoms with van der Waals surface area (Å²) in [5, 5.41) is 0. The van der Waals surface area contributed by atoms with Gasteiger partial charge in [0, 0.05) is 23.4 Å². The summed E-state index contributed by atoms with van der Waals surface area (Å²) in [7, 11) is 0. The van der Waals surface area contributed by atoms with E-state index < -0.39 is 0 Å². The van der Waals surface area contributed by atoms with Crippen LogP contribution in [0.4, 0.5) is 0 Å². The van der Waals surface area contributed by atoms with Crippen molar-refractivity contribution in [2.45, 2.75) is 26.2 Å². The lowest BCUT2D eigenvalue weighted by Crippen LogP contribution is -1.99. The number of hydrogen-bond donors (Lipinski definition) is 0. The third kappa shape index (κ3) is 6.13. The fourth-order valence-corrected chi connectivity index (χ4v) is 1.64. The van der Waals surface area contributed by atoms with E-state index in [4.69, 9.17) is 4.74 Å². The highest BCUT2D eigenvalue weighted by atomic mass is 79.9. The summed E-state index contributed by atoms with van der Waals surface area (Å²) in [5.41, 5.74) is 1.01. The van der Waals surface area contributed by atoms with E-state index in [1.54, 1.807) is 0 Å². The summed E-state index contributed by atoms with van der Waals surface area (Å²) in [6, 6.07) is 7.89. The quantitative estimate of drug-likeness (QED) is 0.482. The van der Waals surface area contributed by atoms with Crippen LogP contribution in [0.1, 0.15) is 31.7 Å². The van der Waals surface area contributed by atoms with Gasteiger partial charge < -0.3 is 4.74 Å². The molecule has 2 nitrogen and oxygen atoms in total. The molecule has 0 aliphatic carbocycles. The second-order valence-electron chi connectivity index (χ2n) is 3.58. The number of unbranched alkanes of at least 4 members (excludes halogenated alkanes) is 2. The van der Waals surface area contributed by atoms with Gasteiger partial charge in [-0.15, -0.1) is 0 Å². The number of esters is 1. The molecule has 0 spiro atoms. The van der Waals surface area contributed by atoms with Crippen molar-refractivity contribution in [3.05, 3.63) is 34.3 Å². The fraction of sp³-hybridized carbons (Fsp3) is 0.357. The van der Waals surface area contributed by atoms with Crippen LogP contribution < -0.4 is 0 Å². The molecule has 0 fully saturated rings. The van der Waals surface area contributed by atoms with Gasteiger partial charge in [-0.3, -0.25) is 4.79 Å². The number of ether oxygens (including phenoxy) is 1. The molecule has 0 heterocycles. The lowest BCUT2D eigenvalue weighted by Gasteiger charge is -1.98. The number of hydrogen-bond acceptors (Lipinski definition) is 2. The molecule has 1 aromatic carbocycles. The molecule has 1 rings (SSSR count). The van der Waals surface area contributed by atoms with E-state index in [-0.39, 0.29) is 5.97 Å². The Kier molecular flexibility index (Phi) is 6.42. The van der Waals surface area contributed by atoms with E-state index >= 15 is 0 Å². The van der Waals surface area contributed by atoms with E-state index in [1.807, 2.05) is 24.3 Å². The standard InChI is InChI=1S/C14H15BrO2/c1-12(16)17-11-7-3-2-4-8-13-9-5-6-10-14(13)15/h5-6,9-10H,2-3,7,11H2,1H3. The number of rotatable bonds is 4. The number of benzene rings is 1. The van der Waals surface area contributed by atoms with Crippen molar-refractivity contribution < 1.29 is 9.53 Å². The summed E-state index contributed by atoms with van der Waals surface area (Å²) in [4.78, 5) is 10.5. The zero-order valence-electron chi connectivity index (χ0n) is 9.83. The Morgan fingerprint density at radius 1 is 1.35 bits per heavy atom. The average molecular weight is 295 g/mol. The van der Waals surface area contributed by atoms with E-state index in [0.29, 0.717) is 6.61 Å². The van der Waals surface area contributed by atoms with Gasteiger partial charge in [0.1, 0.15) is 0 Å². The maximum Gasteiger partial charge on any atom is 0.302 e. The number of carbonyl (C=O) groups is 1. The third-order valence-corrected chi connectivity index (χ3v) is 2.79. The Bertz CT molecular complexity index is 429. The molecule has 0 aliphatic rings. The van der Waals surface area contributed by atoms with Gasteiger partial charge in [-0.25, -0.2) is 0 Å². The van der Waals surface area contributed by atoms with Crippen molar-refractivity contribution in [2.75, 3.05) is 6.61 Å². The third-order valence-electron chi connectivity index (χ3n) is 2.10. The largest absolute Gasteiger partial charge is 0.466 e. The first-order chi connectivity index (χ1) is 8.20. The van der Waals surface area contributed by atoms with Crippen molar-refractivity contribution in [3.8, 4) is 11.8 Å². The predicted octanol–water partition coefficient (Wildman–Crippen LogP) is 3.53. The van der Waals surface area contributed by atoms with Gasteiger partial charge in [-0.1, -0.05) is 24.0 Å². The number of halogens is 1. The molecular weight excluding hydrogens is 280 g/mol. The Hall–Kier alpha value is -1.27. The SMILES string of the molecule is CC(=O)OCCCCC#Cc1ccccc1Br. The molecule has 0 aliphatic heterocycles. The highest BCUT2D eigenvalue weighted by Gasteiger charge is 1.93. The van der Waals surface area contributed by atoms with Crippen molar-refractivity contribution in [1.29, 1.82) is 0 Å². The fourth-order valence-electron chi connectivity index (χ4n) is 1.25. The minimum atomic E-state index is -0.218. The smallest absolute Gasteiger partial charge is 0.302 e. The zero-order chi connectivity index (χ0) is 12.5. The topological polar surface area (TPSA) is 26.3 Å². The second-order valence-corrected chi connectivity index (χ2v) is 4.43. The first kappa shape index (κ1) is 13.8. The highest BCUT2D eigenvalue weighted by Crippen LogP contribution is 2.14. The van der Waals surface area contributed by atoms with Gasteiger partial charge in [0.15, 0.2) is 0 Å². The molecule has 1 aromatic rings. The van der Waals surface area contributed by atoms with Crippen LogP contribution >= 0.6 is 15.9 Å². The van der Waals surface area contributed by atoms with E-state index in [2.05, 4.69) is 27.8 Å². The molecule has 90 valence electrons. The lowest BCUT2D eigenvalue weighted by molar-refractivity contribution is -0.141. The van der Waals surface area contributed by atoms with Crippen LogP contribution in [0.3, 0.4) is 0 Å². The Morgan fingerprint density at radius 3 is 2.82 bits per heavy atom. The van der Waals surface area contributed by atoms with Crippen LogP contribution in [0.2, 0.25) is 0 Å². The molecule has 0 saturated carbocycles. The van der Waals surface area contributed by atoms with Gasteiger partial charge in [-0.2, -0.15) is 0 Å². The predicted molar refractivity (Wildman–Crippen MR) is 71.5 cm³/mol. The molecular formula is C14H15BrO2. The van der Waals surface area contributed by atoms with Crippen LogP contribution in [-0.2, 0) is 9.53 Å². The zero-order valence-corrected chi connectivity index (χ0v) is 11.4. The summed E-state index contributed by atoms with van der Waals surface area (Å²) < 4.78 is 5.85. The minimum absolute atomic E-state index is 0.218. The molecule has 0 N–H and O–H groups in total.